The van der Waals surface area contributed by atoms with E-state index in [0.29, 0.717) is 12.5 Å². The molecular formula is C17H19NO. The van der Waals surface area contributed by atoms with Crippen molar-refractivity contribution in [3.05, 3.63) is 65.2 Å². The molecule has 2 atom stereocenters. The van der Waals surface area contributed by atoms with Crippen molar-refractivity contribution >= 4 is 0 Å². The molecule has 1 aliphatic rings. The highest BCUT2D eigenvalue weighted by molar-refractivity contribution is 5.40. The fourth-order valence-corrected chi connectivity index (χ4v) is 2.72. The number of aryl methyl sites for hydroxylation is 1. The lowest BCUT2D eigenvalue weighted by molar-refractivity contribution is 0.161. The highest BCUT2D eigenvalue weighted by atomic mass is 16.5. The molecule has 2 unspecified atom stereocenters. The lowest BCUT2D eigenvalue weighted by Gasteiger charge is -2.32. The molecule has 0 amide bonds. The van der Waals surface area contributed by atoms with Crippen molar-refractivity contribution in [3.8, 4) is 5.75 Å². The Hall–Kier alpha value is -1.80. The minimum Gasteiger partial charge on any atom is -0.485 e. The molecule has 2 aromatic rings. The predicted molar refractivity (Wildman–Crippen MR) is 77.4 cm³/mol. The summed E-state index contributed by atoms with van der Waals surface area (Å²) < 4.78 is 6.13. The van der Waals surface area contributed by atoms with Crippen LogP contribution in [0.1, 0.15) is 35.1 Å². The Labute approximate surface area is 114 Å². The Morgan fingerprint density at radius 2 is 1.84 bits per heavy atom. The van der Waals surface area contributed by atoms with Gasteiger partial charge in [-0.1, -0.05) is 48.0 Å². The molecular weight excluding hydrogens is 234 g/mol. The molecule has 19 heavy (non-hydrogen) atoms. The van der Waals surface area contributed by atoms with E-state index in [1.807, 2.05) is 12.1 Å². The highest BCUT2D eigenvalue weighted by Crippen LogP contribution is 2.41. The van der Waals surface area contributed by atoms with Gasteiger partial charge in [0.15, 0.2) is 0 Å². The van der Waals surface area contributed by atoms with Crippen LogP contribution in [0.15, 0.2) is 48.5 Å². The molecule has 0 saturated carbocycles. The first kappa shape index (κ1) is 12.2. The van der Waals surface area contributed by atoms with Crippen molar-refractivity contribution in [3.63, 3.8) is 0 Å². The van der Waals surface area contributed by atoms with Crippen molar-refractivity contribution in [2.75, 3.05) is 6.54 Å². The number of ether oxygens (including phenoxy) is 1. The van der Waals surface area contributed by atoms with E-state index in [9.17, 15) is 0 Å². The summed E-state index contributed by atoms with van der Waals surface area (Å²) in [5.41, 5.74) is 9.68. The first-order valence-electron chi connectivity index (χ1n) is 6.80. The Morgan fingerprint density at radius 1 is 1.11 bits per heavy atom. The third-order valence-electron chi connectivity index (χ3n) is 3.86. The van der Waals surface area contributed by atoms with E-state index in [-0.39, 0.29) is 6.10 Å². The van der Waals surface area contributed by atoms with E-state index in [1.54, 1.807) is 0 Å². The van der Waals surface area contributed by atoms with Crippen LogP contribution in [0, 0.1) is 6.92 Å². The fraction of sp³-hybridized carbons (Fsp3) is 0.294. The van der Waals surface area contributed by atoms with Gasteiger partial charge in [-0.15, -0.1) is 0 Å². The van der Waals surface area contributed by atoms with Crippen LogP contribution in [0.4, 0.5) is 0 Å². The predicted octanol–water partition coefficient (Wildman–Crippen LogP) is 3.56. The van der Waals surface area contributed by atoms with Crippen LogP contribution in [-0.4, -0.2) is 6.54 Å². The number of rotatable bonds is 2. The quantitative estimate of drug-likeness (QED) is 0.888. The van der Waals surface area contributed by atoms with Crippen molar-refractivity contribution in [1.82, 2.24) is 0 Å². The summed E-state index contributed by atoms with van der Waals surface area (Å²) in [6.45, 7) is 2.77. The second-order valence-corrected chi connectivity index (χ2v) is 5.22. The van der Waals surface area contributed by atoms with Crippen LogP contribution in [0.3, 0.4) is 0 Å². The lowest BCUT2D eigenvalue weighted by Crippen LogP contribution is -2.24. The van der Waals surface area contributed by atoms with E-state index in [0.717, 1.165) is 12.2 Å². The molecule has 1 heterocycles. The fourth-order valence-electron chi connectivity index (χ4n) is 2.72. The maximum absolute atomic E-state index is 6.13. The van der Waals surface area contributed by atoms with Gasteiger partial charge in [0.1, 0.15) is 11.9 Å². The van der Waals surface area contributed by atoms with Crippen LogP contribution in [-0.2, 0) is 0 Å². The van der Waals surface area contributed by atoms with Crippen LogP contribution >= 0.6 is 0 Å². The van der Waals surface area contributed by atoms with Gasteiger partial charge in [-0.2, -0.15) is 0 Å². The minimum atomic E-state index is 0.115. The zero-order valence-electron chi connectivity index (χ0n) is 11.2. The Balaban J connectivity index is 1.93. The van der Waals surface area contributed by atoms with Gasteiger partial charge in [-0.25, -0.2) is 0 Å². The Kier molecular flexibility index (Phi) is 3.26. The molecule has 0 bridgehead atoms. The number of benzene rings is 2. The molecule has 0 aromatic heterocycles. The topological polar surface area (TPSA) is 35.2 Å². The van der Waals surface area contributed by atoms with Crippen molar-refractivity contribution in [1.29, 1.82) is 0 Å². The highest BCUT2D eigenvalue weighted by Gasteiger charge is 2.27. The molecule has 98 valence electrons. The molecule has 2 heteroatoms. The summed E-state index contributed by atoms with van der Waals surface area (Å²) in [6.07, 6.45) is 1.07. The molecule has 3 rings (SSSR count). The standard InChI is InChI=1S/C17H19NO/c1-12-6-8-13(9-7-12)17-10-14(11-18)15-4-2-3-5-16(15)19-17/h2-9,14,17H,10-11,18H2,1H3. The number of nitrogens with two attached hydrogens (primary N) is 1. The van der Waals surface area contributed by atoms with Gasteiger partial charge >= 0.3 is 0 Å². The van der Waals surface area contributed by atoms with E-state index >= 15 is 0 Å². The van der Waals surface area contributed by atoms with Crippen molar-refractivity contribution in [2.24, 2.45) is 5.73 Å². The normalized spacial score (nSPS) is 21.6. The minimum absolute atomic E-state index is 0.115. The van der Waals surface area contributed by atoms with Gasteiger partial charge in [0.25, 0.3) is 0 Å². The van der Waals surface area contributed by atoms with Gasteiger partial charge in [-0.05, 0) is 37.1 Å². The van der Waals surface area contributed by atoms with Crippen molar-refractivity contribution in [2.45, 2.75) is 25.4 Å². The molecule has 0 radical (unpaired) electrons. The van der Waals surface area contributed by atoms with Gasteiger partial charge in [-0.3, -0.25) is 0 Å². The second-order valence-electron chi connectivity index (χ2n) is 5.22. The van der Waals surface area contributed by atoms with Gasteiger partial charge < -0.3 is 10.5 Å². The number of hydrogen-bond acceptors (Lipinski definition) is 2. The van der Waals surface area contributed by atoms with Crippen LogP contribution in [0.2, 0.25) is 0 Å². The lowest BCUT2D eigenvalue weighted by atomic mass is 9.87. The number of fused-ring (bicyclic) bond motifs is 1. The van der Waals surface area contributed by atoms with E-state index in [1.165, 1.54) is 16.7 Å². The first-order valence-corrected chi connectivity index (χ1v) is 6.80. The first-order chi connectivity index (χ1) is 9.28. The molecule has 0 fully saturated rings. The molecule has 0 spiro atoms. The van der Waals surface area contributed by atoms with Crippen molar-refractivity contribution < 1.29 is 4.74 Å². The van der Waals surface area contributed by atoms with Gasteiger partial charge in [0.05, 0.1) is 0 Å². The zero-order chi connectivity index (χ0) is 13.2. The third-order valence-corrected chi connectivity index (χ3v) is 3.86. The van der Waals surface area contributed by atoms with Crippen LogP contribution < -0.4 is 10.5 Å². The summed E-state index contributed by atoms with van der Waals surface area (Å²) in [6, 6.07) is 16.8. The molecule has 0 saturated heterocycles. The SMILES string of the molecule is Cc1ccc(C2CC(CN)c3ccccc3O2)cc1. The van der Waals surface area contributed by atoms with Crippen LogP contribution in [0.25, 0.3) is 0 Å². The average Bonchev–Trinajstić information content (AvgIpc) is 2.47. The summed E-state index contributed by atoms with van der Waals surface area (Å²) >= 11 is 0. The molecule has 2 nitrogen and oxygen atoms in total. The van der Waals surface area contributed by atoms with E-state index in [4.69, 9.17) is 10.5 Å². The summed E-state index contributed by atoms with van der Waals surface area (Å²) in [4.78, 5) is 0. The Morgan fingerprint density at radius 3 is 2.58 bits per heavy atom. The molecule has 2 N–H and O–H groups in total. The molecule has 2 aromatic carbocycles. The zero-order valence-corrected chi connectivity index (χ0v) is 11.2. The molecule has 1 aliphatic heterocycles. The Bertz CT molecular complexity index is 562. The van der Waals surface area contributed by atoms with Gasteiger partial charge in [0, 0.05) is 5.92 Å². The van der Waals surface area contributed by atoms with Gasteiger partial charge in [0.2, 0.25) is 0 Å². The average molecular weight is 253 g/mol. The smallest absolute Gasteiger partial charge is 0.124 e. The summed E-state index contributed by atoms with van der Waals surface area (Å²) in [5, 5.41) is 0. The third kappa shape index (κ3) is 2.36. The molecule has 0 aliphatic carbocycles. The second kappa shape index (κ2) is 5.06. The summed E-state index contributed by atoms with van der Waals surface area (Å²) in [7, 11) is 0. The van der Waals surface area contributed by atoms with E-state index < -0.39 is 0 Å². The number of para-hydroxylation sites is 1. The van der Waals surface area contributed by atoms with E-state index in [2.05, 4.69) is 43.3 Å². The maximum Gasteiger partial charge on any atom is 0.124 e. The van der Waals surface area contributed by atoms with Crippen LogP contribution in [0.5, 0.6) is 5.75 Å². The monoisotopic (exact) mass is 253 g/mol. The summed E-state index contributed by atoms with van der Waals surface area (Å²) in [5.74, 6) is 1.37. The largest absolute Gasteiger partial charge is 0.485 e. The maximum atomic E-state index is 6.13. The number of hydrogen-bond donors (Lipinski definition) is 1.